The number of aryl methyl sites for hydroxylation is 1. The summed E-state index contributed by atoms with van der Waals surface area (Å²) in [6.45, 7) is 0.404. The van der Waals surface area contributed by atoms with E-state index in [0.29, 0.717) is 23.7 Å². The highest BCUT2D eigenvalue weighted by molar-refractivity contribution is 5.89. The molecule has 0 aliphatic heterocycles. The molecule has 0 bridgehead atoms. The van der Waals surface area contributed by atoms with Gasteiger partial charge in [-0.15, -0.1) is 5.10 Å². The molecular weight excluding hydrogens is 366 g/mol. The number of ether oxygens (including phenoxy) is 1. The number of rotatable bonds is 4. The van der Waals surface area contributed by atoms with Crippen LogP contribution in [0.1, 0.15) is 11.1 Å². The third-order valence-electron chi connectivity index (χ3n) is 4.64. The van der Waals surface area contributed by atoms with Gasteiger partial charge in [0.2, 0.25) is 0 Å². The molecule has 0 saturated heterocycles. The van der Waals surface area contributed by atoms with Crippen LogP contribution in [0, 0.1) is 11.3 Å². The normalized spacial score (nSPS) is 11.0. The van der Waals surface area contributed by atoms with Gasteiger partial charge in [0.1, 0.15) is 18.7 Å². The SMILES string of the molecule is Cn1ncc2c1ncn1nc(-c3cccc(COc4ccc(C#N)cc4)c3)nc21. The maximum Gasteiger partial charge on any atom is 0.182 e. The molecule has 0 spiro atoms. The highest BCUT2D eigenvalue weighted by Crippen LogP contribution is 2.22. The zero-order valence-electron chi connectivity index (χ0n) is 15.5. The lowest BCUT2D eigenvalue weighted by Gasteiger charge is -2.07. The van der Waals surface area contributed by atoms with Gasteiger partial charge in [0.25, 0.3) is 0 Å². The lowest BCUT2D eigenvalue weighted by molar-refractivity contribution is 0.306. The predicted molar refractivity (Wildman–Crippen MR) is 106 cm³/mol. The Morgan fingerprint density at radius 2 is 1.97 bits per heavy atom. The molecule has 0 fully saturated rings. The Balaban J connectivity index is 1.43. The van der Waals surface area contributed by atoms with Crippen LogP contribution in [0.3, 0.4) is 0 Å². The minimum absolute atomic E-state index is 0.404. The largest absolute Gasteiger partial charge is 0.489 e. The molecule has 0 unspecified atom stereocenters. The first kappa shape index (κ1) is 16.9. The van der Waals surface area contributed by atoms with E-state index in [4.69, 9.17) is 15.0 Å². The number of aromatic nitrogens is 6. The van der Waals surface area contributed by atoms with Crippen molar-refractivity contribution in [3.05, 3.63) is 72.2 Å². The average Bonchev–Trinajstić information content (AvgIpc) is 3.36. The van der Waals surface area contributed by atoms with Crippen molar-refractivity contribution in [3.8, 4) is 23.2 Å². The van der Waals surface area contributed by atoms with Gasteiger partial charge < -0.3 is 4.74 Å². The first-order valence-electron chi connectivity index (χ1n) is 8.96. The van der Waals surface area contributed by atoms with Gasteiger partial charge in [0.05, 0.1) is 23.2 Å². The fraction of sp³-hybridized carbons (Fsp3) is 0.0952. The summed E-state index contributed by atoms with van der Waals surface area (Å²) >= 11 is 0. The molecule has 5 aromatic rings. The molecule has 2 aromatic carbocycles. The molecule has 29 heavy (non-hydrogen) atoms. The van der Waals surface area contributed by atoms with E-state index in [1.165, 1.54) is 0 Å². The van der Waals surface area contributed by atoms with Crippen LogP contribution in [0.5, 0.6) is 5.75 Å². The topological polar surface area (TPSA) is 93.9 Å². The smallest absolute Gasteiger partial charge is 0.182 e. The second-order valence-corrected chi connectivity index (χ2v) is 6.58. The maximum atomic E-state index is 8.87. The summed E-state index contributed by atoms with van der Waals surface area (Å²) in [5, 5.41) is 18.5. The lowest BCUT2D eigenvalue weighted by atomic mass is 10.1. The van der Waals surface area contributed by atoms with E-state index in [-0.39, 0.29) is 0 Å². The summed E-state index contributed by atoms with van der Waals surface area (Å²) in [7, 11) is 1.85. The van der Waals surface area contributed by atoms with E-state index in [2.05, 4.69) is 21.3 Å². The minimum Gasteiger partial charge on any atom is -0.489 e. The third-order valence-corrected chi connectivity index (χ3v) is 4.64. The average molecular weight is 381 g/mol. The number of nitrogens with zero attached hydrogens (tertiary/aromatic N) is 7. The van der Waals surface area contributed by atoms with Crippen LogP contribution in [0.25, 0.3) is 28.1 Å². The number of nitriles is 1. The Hall–Kier alpha value is -4.25. The molecule has 0 amide bonds. The fourth-order valence-electron chi connectivity index (χ4n) is 3.15. The Bertz CT molecular complexity index is 1380. The van der Waals surface area contributed by atoms with Gasteiger partial charge in [-0.1, -0.05) is 18.2 Å². The Labute approximate surface area is 165 Å². The third kappa shape index (κ3) is 3.04. The van der Waals surface area contributed by atoms with Gasteiger partial charge >= 0.3 is 0 Å². The van der Waals surface area contributed by atoms with Gasteiger partial charge in [-0.3, -0.25) is 4.68 Å². The van der Waals surface area contributed by atoms with Crippen LogP contribution in [0.4, 0.5) is 0 Å². The highest BCUT2D eigenvalue weighted by atomic mass is 16.5. The van der Waals surface area contributed by atoms with E-state index in [1.54, 1.807) is 46.0 Å². The summed E-state index contributed by atoms with van der Waals surface area (Å²) in [5.41, 5.74) is 3.98. The van der Waals surface area contributed by atoms with Gasteiger partial charge in [0, 0.05) is 12.6 Å². The molecule has 8 nitrogen and oxygen atoms in total. The Morgan fingerprint density at radius 3 is 2.79 bits per heavy atom. The molecule has 8 heteroatoms. The molecule has 140 valence electrons. The predicted octanol–water partition coefficient (Wildman–Crippen LogP) is 3.13. The van der Waals surface area contributed by atoms with E-state index in [0.717, 1.165) is 27.8 Å². The van der Waals surface area contributed by atoms with Crippen molar-refractivity contribution < 1.29 is 4.74 Å². The minimum atomic E-state index is 0.404. The molecule has 0 radical (unpaired) electrons. The second-order valence-electron chi connectivity index (χ2n) is 6.58. The molecule has 0 atom stereocenters. The Morgan fingerprint density at radius 1 is 1.10 bits per heavy atom. The zero-order chi connectivity index (χ0) is 19.8. The first-order valence-corrected chi connectivity index (χ1v) is 8.96. The second kappa shape index (κ2) is 6.73. The summed E-state index contributed by atoms with van der Waals surface area (Å²) in [6, 6.07) is 17.1. The van der Waals surface area contributed by atoms with E-state index in [9.17, 15) is 0 Å². The van der Waals surface area contributed by atoms with Gasteiger partial charge in [-0.05, 0) is 35.9 Å². The summed E-state index contributed by atoms with van der Waals surface area (Å²) in [6.07, 6.45) is 3.39. The van der Waals surface area contributed by atoms with Crippen molar-refractivity contribution in [2.75, 3.05) is 0 Å². The van der Waals surface area contributed by atoms with Crippen molar-refractivity contribution in [2.45, 2.75) is 6.61 Å². The van der Waals surface area contributed by atoms with Crippen LogP contribution in [0.15, 0.2) is 61.1 Å². The van der Waals surface area contributed by atoms with Crippen molar-refractivity contribution in [3.63, 3.8) is 0 Å². The fourth-order valence-corrected chi connectivity index (χ4v) is 3.15. The van der Waals surface area contributed by atoms with E-state index >= 15 is 0 Å². The first-order chi connectivity index (χ1) is 14.2. The summed E-state index contributed by atoms with van der Waals surface area (Å²) in [4.78, 5) is 9.08. The standard InChI is InChI=1S/C21H15N7O/c1-27-20-18(11-24-27)21-25-19(26-28(21)13-23-20)16-4-2-3-15(9-16)12-29-17-7-5-14(10-22)6-8-17/h2-9,11,13H,12H2,1H3. The van der Waals surface area contributed by atoms with Crippen LogP contribution >= 0.6 is 0 Å². The molecule has 3 heterocycles. The number of fused-ring (bicyclic) bond motifs is 3. The molecule has 3 aromatic heterocycles. The molecule has 0 N–H and O–H groups in total. The monoisotopic (exact) mass is 381 g/mol. The van der Waals surface area contributed by atoms with Crippen molar-refractivity contribution in [2.24, 2.45) is 7.05 Å². The molecule has 5 rings (SSSR count). The number of hydrogen-bond acceptors (Lipinski definition) is 6. The highest BCUT2D eigenvalue weighted by Gasteiger charge is 2.12. The van der Waals surface area contributed by atoms with Crippen molar-refractivity contribution >= 4 is 16.7 Å². The molecule has 0 aliphatic carbocycles. The molecular formula is C21H15N7O. The van der Waals surface area contributed by atoms with Crippen molar-refractivity contribution in [1.82, 2.24) is 29.4 Å². The summed E-state index contributed by atoms with van der Waals surface area (Å²) in [5.74, 6) is 1.33. The van der Waals surface area contributed by atoms with E-state index < -0.39 is 0 Å². The summed E-state index contributed by atoms with van der Waals surface area (Å²) < 4.78 is 9.20. The van der Waals surface area contributed by atoms with Gasteiger partial charge in [0.15, 0.2) is 17.1 Å². The van der Waals surface area contributed by atoms with Crippen LogP contribution in [-0.2, 0) is 13.7 Å². The van der Waals surface area contributed by atoms with Gasteiger partial charge in [-0.2, -0.15) is 10.4 Å². The maximum absolute atomic E-state index is 8.87. The lowest BCUT2D eigenvalue weighted by Crippen LogP contribution is -1.96. The molecule has 0 aliphatic rings. The molecule has 0 saturated carbocycles. The Kier molecular flexibility index (Phi) is 3.92. The van der Waals surface area contributed by atoms with Crippen LogP contribution in [0.2, 0.25) is 0 Å². The van der Waals surface area contributed by atoms with Gasteiger partial charge in [-0.25, -0.2) is 14.5 Å². The number of hydrogen-bond donors (Lipinski definition) is 0. The number of benzene rings is 2. The van der Waals surface area contributed by atoms with Crippen LogP contribution < -0.4 is 4.74 Å². The zero-order valence-corrected chi connectivity index (χ0v) is 15.5. The van der Waals surface area contributed by atoms with Crippen LogP contribution in [-0.4, -0.2) is 29.4 Å². The van der Waals surface area contributed by atoms with E-state index in [1.807, 2.05) is 31.3 Å². The van der Waals surface area contributed by atoms with Crippen molar-refractivity contribution in [1.29, 1.82) is 5.26 Å². The quantitative estimate of drug-likeness (QED) is 0.475.